The molecule has 0 fully saturated rings. The number of benzene rings is 1. The van der Waals surface area contributed by atoms with Crippen molar-refractivity contribution in [3.8, 4) is 23.1 Å². The summed E-state index contributed by atoms with van der Waals surface area (Å²) < 4.78 is 16.4. The van der Waals surface area contributed by atoms with Crippen LogP contribution in [0.2, 0.25) is 0 Å². The van der Waals surface area contributed by atoms with Crippen molar-refractivity contribution in [3.05, 3.63) is 60.4 Å². The highest BCUT2D eigenvalue weighted by Gasteiger charge is 2.14. The summed E-state index contributed by atoms with van der Waals surface area (Å²) in [5.41, 5.74) is 1.85. The van der Waals surface area contributed by atoms with Gasteiger partial charge in [-0.25, -0.2) is 0 Å². The van der Waals surface area contributed by atoms with Crippen molar-refractivity contribution in [1.82, 2.24) is 15.5 Å². The minimum absolute atomic E-state index is 0.206. The van der Waals surface area contributed by atoms with Gasteiger partial charge in [0.25, 0.3) is 5.91 Å². The molecule has 1 unspecified atom stereocenters. The van der Waals surface area contributed by atoms with Gasteiger partial charge in [0.15, 0.2) is 11.9 Å². The molecule has 146 valence electrons. The average molecular weight is 381 g/mol. The standard InChI is InChI=1S/C21H23N3O4/c1-3-16-6-8-17(9-7-16)28-15(2)21(25)22-12-14-27-20-11-10-18(23-24-20)19-5-4-13-26-19/h4-11,13,15H,3,12,14H2,1-2H3,(H,22,25). The Hall–Kier alpha value is -3.35. The molecule has 3 aromatic rings. The summed E-state index contributed by atoms with van der Waals surface area (Å²) in [6.07, 6.45) is 1.95. The van der Waals surface area contributed by atoms with Crippen LogP contribution in [0.4, 0.5) is 0 Å². The lowest BCUT2D eigenvalue weighted by Crippen LogP contribution is -2.38. The number of carbonyl (C=O) groups is 1. The Balaban J connectivity index is 1.38. The van der Waals surface area contributed by atoms with Gasteiger partial charge in [0.2, 0.25) is 5.88 Å². The maximum absolute atomic E-state index is 12.1. The SMILES string of the molecule is CCc1ccc(OC(C)C(=O)NCCOc2ccc(-c3ccco3)nn2)cc1. The van der Waals surface area contributed by atoms with Crippen LogP contribution in [-0.2, 0) is 11.2 Å². The van der Waals surface area contributed by atoms with Gasteiger partial charge in [-0.3, -0.25) is 4.79 Å². The predicted molar refractivity (Wildman–Crippen MR) is 104 cm³/mol. The van der Waals surface area contributed by atoms with Crippen LogP contribution in [0, 0.1) is 0 Å². The van der Waals surface area contributed by atoms with E-state index in [9.17, 15) is 4.79 Å². The molecule has 0 saturated heterocycles. The Bertz CT molecular complexity index is 862. The maximum Gasteiger partial charge on any atom is 0.260 e. The highest BCUT2D eigenvalue weighted by atomic mass is 16.5. The third kappa shape index (κ3) is 5.33. The second-order valence-corrected chi connectivity index (χ2v) is 6.13. The van der Waals surface area contributed by atoms with Crippen molar-refractivity contribution in [2.24, 2.45) is 0 Å². The molecule has 2 heterocycles. The summed E-state index contributed by atoms with van der Waals surface area (Å²) in [4.78, 5) is 12.1. The summed E-state index contributed by atoms with van der Waals surface area (Å²) in [5.74, 6) is 1.49. The van der Waals surface area contributed by atoms with E-state index in [0.717, 1.165) is 6.42 Å². The first-order valence-electron chi connectivity index (χ1n) is 9.19. The van der Waals surface area contributed by atoms with E-state index >= 15 is 0 Å². The Kier molecular flexibility index (Phi) is 6.62. The van der Waals surface area contributed by atoms with Crippen LogP contribution in [0.25, 0.3) is 11.5 Å². The summed E-state index contributed by atoms with van der Waals surface area (Å²) in [7, 11) is 0. The molecule has 0 aliphatic carbocycles. The summed E-state index contributed by atoms with van der Waals surface area (Å²) in [6, 6.07) is 14.8. The Morgan fingerprint density at radius 2 is 1.96 bits per heavy atom. The Morgan fingerprint density at radius 1 is 1.14 bits per heavy atom. The first kappa shape index (κ1) is 19.4. The normalized spacial score (nSPS) is 11.6. The number of furan rings is 1. The van der Waals surface area contributed by atoms with Crippen LogP contribution in [0.1, 0.15) is 19.4 Å². The highest BCUT2D eigenvalue weighted by Crippen LogP contribution is 2.17. The number of nitrogens with zero attached hydrogens (tertiary/aromatic N) is 2. The van der Waals surface area contributed by atoms with Crippen molar-refractivity contribution in [1.29, 1.82) is 0 Å². The molecule has 1 amide bonds. The quantitative estimate of drug-likeness (QED) is 0.573. The van der Waals surface area contributed by atoms with Crippen LogP contribution in [0.5, 0.6) is 11.6 Å². The van der Waals surface area contributed by atoms with Crippen molar-refractivity contribution >= 4 is 5.91 Å². The fourth-order valence-electron chi connectivity index (χ4n) is 2.49. The number of hydrogen-bond acceptors (Lipinski definition) is 6. The second-order valence-electron chi connectivity index (χ2n) is 6.13. The van der Waals surface area contributed by atoms with Gasteiger partial charge in [-0.2, -0.15) is 0 Å². The van der Waals surface area contributed by atoms with Crippen LogP contribution in [-0.4, -0.2) is 35.4 Å². The first-order valence-corrected chi connectivity index (χ1v) is 9.19. The van der Waals surface area contributed by atoms with E-state index in [2.05, 4.69) is 22.4 Å². The third-order valence-corrected chi connectivity index (χ3v) is 4.08. The van der Waals surface area contributed by atoms with Gasteiger partial charge in [-0.05, 0) is 49.2 Å². The summed E-state index contributed by atoms with van der Waals surface area (Å²) >= 11 is 0. The minimum Gasteiger partial charge on any atom is -0.481 e. The van der Waals surface area contributed by atoms with Crippen LogP contribution < -0.4 is 14.8 Å². The van der Waals surface area contributed by atoms with Crippen LogP contribution in [0.3, 0.4) is 0 Å². The molecule has 3 rings (SSSR count). The van der Waals surface area contributed by atoms with Gasteiger partial charge in [0.1, 0.15) is 18.1 Å². The largest absolute Gasteiger partial charge is 0.481 e. The van der Waals surface area contributed by atoms with Gasteiger partial charge < -0.3 is 19.2 Å². The van der Waals surface area contributed by atoms with Gasteiger partial charge in [-0.15, -0.1) is 10.2 Å². The van der Waals surface area contributed by atoms with E-state index in [-0.39, 0.29) is 12.5 Å². The molecule has 0 aliphatic rings. The summed E-state index contributed by atoms with van der Waals surface area (Å²) in [6.45, 7) is 4.41. The van der Waals surface area contributed by atoms with Crippen molar-refractivity contribution in [3.63, 3.8) is 0 Å². The van der Waals surface area contributed by atoms with Crippen LogP contribution >= 0.6 is 0 Å². The Morgan fingerprint density at radius 3 is 2.61 bits per heavy atom. The monoisotopic (exact) mass is 381 g/mol. The maximum atomic E-state index is 12.1. The number of amides is 1. The number of aryl methyl sites for hydroxylation is 1. The number of aromatic nitrogens is 2. The zero-order chi connectivity index (χ0) is 19.8. The van der Waals surface area contributed by atoms with Crippen molar-refractivity contribution in [2.45, 2.75) is 26.4 Å². The molecule has 0 radical (unpaired) electrons. The number of rotatable bonds is 9. The molecule has 0 spiro atoms. The zero-order valence-electron chi connectivity index (χ0n) is 15.9. The van der Waals surface area contributed by atoms with E-state index in [1.54, 1.807) is 31.4 Å². The van der Waals surface area contributed by atoms with Gasteiger partial charge in [-0.1, -0.05) is 19.1 Å². The number of carbonyl (C=O) groups excluding carboxylic acids is 1. The fourth-order valence-corrected chi connectivity index (χ4v) is 2.49. The lowest BCUT2D eigenvalue weighted by atomic mass is 10.2. The molecule has 28 heavy (non-hydrogen) atoms. The fraction of sp³-hybridized carbons (Fsp3) is 0.286. The van der Waals surface area contributed by atoms with E-state index in [0.29, 0.717) is 29.6 Å². The molecule has 0 aliphatic heterocycles. The van der Waals surface area contributed by atoms with Crippen molar-refractivity contribution in [2.75, 3.05) is 13.2 Å². The van der Waals surface area contributed by atoms with Gasteiger partial charge >= 0.3 is 0 Å². The molecule has 1 N–H and O–H groups in total. The molecule has 2 aromatic heterocycles. The smallest absolute Gasteiger partial charge is 0.260 e. The second kappa shape index (κ2) is 9.55. The highest BCUT2D eigenvalue weighted by molar-refractivity contribution is 5.80. The van der Waals surface area contributed by atoms with E-state index < -0.39 is 6.10 Å². The lowest BCUT2D eigenvalue weighted by molar-refractivity contribution is -0.127. The Labute approximate surface area is 163 Å². The molecule has 0 saturated carbocycles. The predicted octanol–water partition coefficient (Wildman–Crippen LogP) is 3.26. The lowest BCUT2D eigenvalue weighted by Gasteiger charge is -2.15. The third-order valence-electron chi connectivity index (χ3n) is 4.08. The van der Waals surface area contributed by atoms with Crippen LogP contribution in [0.15, 0.2) is 59.2 Å². The van der Waals surface area contributed by atoms with Gasteiger partial charge in [0.05, 0.1) is 12.8 Å². The topological polar surface area (TPSA) is 86.5 Å². The molecule has 1 aromatic carbocycles. The zero-order valence-corrected chi connectivity index (χ0v) is 15.9. The molecule has 0 bridgehead atoms. The van der Waals surface area contributed by atoms with Crippen molar-refractivity contribution < 1.29 is 18.7 Å². The minimum atomic E-state index is -0.597. The van der Waals surface area contributed by atoms with E-state index in [1.165, 1.54) is 5.56 Å². The first-order chi connectivity index (χ1) is 13.7. The summed E-state index contributed by atoms with van der Waals surface area (Å²) in [5, 5.41) is 10.8. The molecule has 7 nitrogen and oxygen atoms in total. The molecule has 7 heteroatoms. The average Bonchev–Trinajstić information content (AvgIpc) is 3.27. The van der Waals surface area contributed by atoms with E-state index in [4.69, 9.17) is 13.9 Å². The number of hydrogen-bond donors (Lipinski definition) is 1. The number of nitrogens with one attached hydrogen (secondary N) is 1. The molecular weight excluding hydrogens is 358 g/mol. The molecular formula is C21H23N3O4. The molecule has 1 atom stereocenters. The van der Waals surface area contributed by atoms with Gasteiger partial charge in [0, 0.05) is 6.07 Å². The van der Waals surface area contributed by atoms with E-state index in [1.807, 2.05) is 30.3 Å². The number of ether oxygens (including phenoxy) is 2.